The molecule has 0 atom stereocenters. The molecular weight excluding hydrogens is 133 g/mol. The second-order valence-electron chi connectivity index (χ2n) is 1.20. The number of rotatable bonds is 2. The van der Waals surface area contributed by atoms with Crippen LogP contribution in [0.15, 0.2) is 0 Å². The first kappa shape index (κ1) is 4.88. The molecule has 0 aliphatic heterocycles. The number of hydrogen-bond acceptors (Lipinski definition) is 2. The van der Waals surface area contributed by atoms with Crippen LogP contribution in [0.4, 0.5) is 0 Å². The smallest absolute Gasteiger partial charge is 0.372 e. The van der Waals surface area contributed by atoms with Gasteiger partial charge in [0.05, 0.1) is 0 Å². The molecule has 9 heavy (non-hydrogen) atoms. The van der Waals surface area contributed by atoms with Crippen LogP contribution in [0.25, 0.3) is 0 Å². The standard InChI is InChI=1S/C5H8O3.Na/c1-3(2)4(6)5(7)8;/h3H,1-2H3,(H,7,8);/i1+1D2,2+1D2;. The molecule has 1 N–H and O–H groups in total. The molecular formula is C5H8NaO3. The number of carboxylic acid groups (broad SMARTS) is 1. The third-order valence-corrected chi connectivity index (χ3v) is 0.514. The molecule has 0 aliphatic carbocycles. The van der Waals surface area contributed by atoms with E-state index in [-0.39, 0.29) is 29.6 Å². The Labute approximate surface area is 81.3 Å². The van der Waals surface area contributed by atoms with Crippen molar-refractivity contribution in [3.8, 4) is 0 Å². The fourth-order valence-corrected chi connectivity index (χ4v) is 0.143. The molecule has 0 saturated heterocycles. The van der Waals surface area contributed by atoms with Crippen molar-refractivity contribution in [2.24, 2.45) is 5.92 Å². The van der Waals surface area contributed by atoms with Crippen molar-refractivity contribution in [3.05, 3.63) is 0 Å². The van der Waals surface area contributed by atoms with Crippen molar-refractivity contribution < 1.29 is 20.2 Å². The Bertz CT molecular complexity index is 188. The minimum absolute atomic E-state index is 0. The van der Waals surface area contributed by atoms with Gasteiger partial charge in [-0.25, -0.2) is 4.79 Å². The topological polar surface area (TPSA) is 54.4 Å². The van der Waals surface area contributed by atoms with Gasteiger partial charge in [-0.3, -0.25) is 4.79 Å². The summed E-state index contributed by atoms with van der Waals surface area (Å²) in [6.45, 7) is -3.57. The largest absolute Gasteiger partial charge is 0.475 e. The molecule has 0 heterocycles. The predicted molar refractivity (Wildman–Crippen MR) is 33.2 cm³/mol. The van der Waals surface area contributed by atoms with Crippen LogP contribution in [0.3, 0.4) is 0 Å². The summed E-state index contributed by atoms with van der Waals surface area (Å²) >= 11 is 0. The fraction of sp³-hybridized carbons (Fsp3) is 0.600. The Morgan fingerprint density at radius 2 is 2.00 bits per heavy atom. The second-order valence-corrected chi connectivity index (χ2v) is 1.20. The SMILES string of the molecule is [2H][13CH]([2H])C(C(=O)C(=O)O)[13CH]([2H])[2H].[Na]. The van der Waals surface area contributed by atoms with Crippen LogP contribution >= 0.6 is 0 Å². The van der Waals surface area contributed by atoms with E-state index in [1.54, 1.807) is 0 Å². The van der Waals surface area contributed by atoms with Gasteiger partial charge < -0.3 is 5.11 Å². The van der Waals surface area contributed by atoms with Crippen LogP contribution in [0.1, 0.15) is 19.2 Å². The number of carboxylic acids is 1. The van der Waals surface area contributed by atoms with Crippen molar-refractivity contribution in [2.75, 3.05) is 0 Å². The molecule has 0 amide bonds. The van der Waals surface area contributed by atoms with Gasteiger partial charge in [0, 0.05) is 41.0 Å². The number of carbonyl (C=O) groups is 2. The minimum atomic E-state index is -1.80. The second kappa shape index (κ2) is 4.97. The summed E-state index contributed by atoms with van der Waals surface area (Å²) in [7, 11) is 0. The van der Waals surface area contributed by atoms with Crippen LogP contribution in [-0.4, -0.2) is 46.4 Å². The quantitative estimate of drug-likeness (QED) is 0.336. The van der Waals surface area contributed by atoms with Gasteiger partial charge in [-0.15, -0.1) is 0 Å². The summed E-state index contributed by atoms with van der Waals surface area (Å²) in [5, 5.41) is 8.17. The number of Topliss-reactive ketones (excluding diaryl/α,β-unsaturated/α-hetero) is 1. The summed E-state index contributed by atoms with van der Waals surface area (Å²) in [4.78, 5) is 20.7. The average molecular weight is 145 g/mol. The maximum atomic E-state index is 10.6. The normalized spacial score (nSPS) is 15.4. The van der Waals surface area contributed by atoms with E-state index < -0.39 is 31.4 Å². The Balaban J connectivity index is 0. The van der Waals surface area contributed by atoms with E-state index in [0.717, 1.165) is 0 Å². The molecule has 3 nitrogen and oxygen atoms in total. The number of aliphatic carboxylic acids is 1. The summed E-state index contributed by atoms with van der Waals surface area (Å²) < 4.78 is 26.9. The van der Waals surface area contributed by atoms with Gasteiger partial charge in [0.15, 0.2) is 0 Å². The summed E-state index contributed by atoms with van der Waals surface area (Å²) in [5.41, 5.74) is 0. The van der Waals surface area contributed by atoms with Gasteiger partial charge in [-0.2, -0.15) is 0 Å². The molecule has 4 heteroatoms. The third kappa shape index (κ3) is 4.63. The van der Waals surface area contributed by atoms with E-state index in [1.165, 1.54) is 0 Å². The number of ketones is 1. The number of hydrogen-bond donors (Lipinski definition) is 1. The molecule has 0 aromatic heterocycles. The van der Waals surface area contributed by atoms with Crippen LogP contribution in [0.2, 0.25) is 0 Å². The molecule has 0 rings (SSSR count). The van der Waals surface area contributed by atoms with E-state index in [0.29, 0.717) is 0 Å². The Hall–Kier alpha value is 0.140. The third-order valence-electron chi connectivity index (χ3n) is 0.514. The zero-order chi connectivity index (χ0) is 9.89. The van der Waals surface area contributed by atoms with Crippen LogP contribution in [0, 0.1) is 5.92 Å². The maximum Gasteiger partial charge on any atom is 0.372 e. The Morgan fingerprint density at radius 3 is 2.11 bits per heavy atom. The van der Waals surface area contributed by atoms with Gasteiger partial charge in [0.25, 0.3) is 0 Å². The minimum Gasteiger partial charge on any atom is -0.475 e. The molecule has 0 aromatic carbocycles. The summed E-state index contributed by atoms with van der Waals surface area (Å²) in [6, 6.07) is 0. The van der Waals surface area contributed by atoms with E-state index in [4.69, 9.17) is 10.6 Å². The van der Waals surface area contributed by atoms with Gasteiger partial charge in [0.2, 0.25) is 5.78 Å². The zero-order valence-corrected chi connectivity index (χ0v) is 7.00. The van der Waals surface area contributed by atoms with Crippen molar-refractivity contribution >= 4 is 41.3 Å². The van der Waals surface area contributed by atoms with Crippen LogP contribution in [-0.2, 0) is 9.59 Å². The van der Waals surface area contributed by atoms with Crippen molar-refractivity contribution in [3.63, 3.8) is 0 Å². The van der Waals surface area contributed by atoms with Crippen LogP contribution in [0.5, 0.6) is 0 Å². The molecule has 0 bridgehead atoms. The first-order valence-corrected chi connectivity index (χ1v) is 1.84. The molecule has 0 unspecified atom stereocenters. The molecule has 1 radical (unpaired) electrons. The maximum absolute atomic E-state index is 10.6. The Morgan fingerprint density at radius 1 is 1.56 bits per heavy atom. The predicted octanol–water partition coefficient (Wildman–Crippen LogP) is -0.0847. The molecule has 47 valence electrons. The molecule has 0 spiro atoms. The number of carbonyl (C=O) groups excluding carboxylic acids is 1. The van der Waals surface area contributed by atoms with E-state index in [2.05, 4.69) is 0 Å². The van der Waals surface area contributed by atoms with Gasteiger partial charge >= 0.3 is 5.97 Å². The monoisotopic (exact) mass is 145 g/mol. The van der Waals surface area contributed by atoms with Crippen molar-refractivity contribution in [1.82, 2.24) is 0 Å². The first-order chi connectivity index (χ1) is 5.37. The van der Waals surface area contributed by atoms with Gasteiger partial charge in [-0.05, 0) is 0 Å². The average Bonchev–Trinajstić information content (AvgIpc) is 1.85. The first-order valence-electron chi connectivity index (χ1n) is 4.15. The fourth-order valence-electron chi connectivity index (χ4n) is 0.143. The van der Waals surface area contributed by atoms with E-state index in [1.807, 2.05) is 0 Å². The molecule has 0 fully saturated rings. The van der Waals surface area contributed by atoms with Crippen LogP contribution < -0.4 is 0 Å². The molecule has 0 saturated carbocycles. The molecule has 0 aliphatic rings. The van der Waals surface area contributed by atoms with Gasteiger partial charge in [0.1, 0.15) is 0 Å². The Kier molecular flexibility index (Phi) is 2.69. The van der Waals surface area contributed by atoms with Crippen molar-refractivity contribution in [1.29, 1.82) is 0 Å². The zero-order valence-electron chi connectivity index (χ0n) is 9.00. The van der Waals surface area contributed by atoms with Gasteiger partial charge in [-0.1, -0.05) is 13.8 Å². The summed E-state index contributed by atoms with van der Waals surface area (Å²) in [6.07, 6.45) is 0. The van der Waals surface area contributed by atoms with Crippen molar-refractivity contribution in [2.45, 2.75) is 13.8 Å². The molecule has 0 aromatic rings. The van der Waals surface area contributed by atoms with E-state index >= 15 is 0 Å². The summed E-state index contributed by atoms with van der Waals surface area (Å²) in [5.74, 6) is -4.91. The van der Waals surface area contributed by atoms with E-state index in [9.17, 15) is 9.59 Å².